The molecule has 35 heavy (non-hydrogen) atoms. The van der Waals surface area contributed by atoms with E-state index in [1.165, 1.54) is 18.3 Å². The number of nitrogens with zero attached hydrogens (tertiary/aromatic N) is 3. The van der Waals surface area contributed by atoms with E-state index in [1.807, 2.05) is 0 Å². The lowest BCUT2D eigenvalue weighted by Gasteiger charge is -2.25. The van der Waals surface area contributed by atoms with E-state index in [2.05, 4.69) is 25.0 Å². The summed E-state index contributed by atoms with van der Waals surface area (Å²) < 4.78 is 65.8. The summed E-state index contributed by atoms with van der Waals surface area (Å²) in [6.07, 6.45) is -0.584. The average Bonchev–Trinajstić information content (AvgIpc) is 3.20. The molecule has 0 atom stereocenters. The summed E-state index contributed by atoms with van der Waals surface area (Å²) in [4.78, 5) is 24.5. The van der Waals surface area contributed by atoms with Crippen molar-refractivity contribution in [1.29, 1.82) is 0 Å². The average molecular weight is 526 g/mol. The minimum Gasteiger partial charge on any atom is -0.325 e. The Morgan fingerprint density at radius 3 is 2.34 bits per heavy atom. The third-order valence-corrected chi connectivity index (χ3v) is 8.51. The van der Waals surface area contributed by atoms with E-state index >= 15 is 0 Å². The SMILES string of the molecule is CC(C)(C(=O)Nc1ccc(-c2cncc(C(F)(F)F)n2)cc1)c1csc(NS(=O)(=O)C2CCC2)n1. The number of hydrogen-bond acceptors (Lipinski definition) is 7. The number of carbonyl (C=O) groups excluding carboxylic acids is 1. The van der Waals surface area contributed by atoms with Crippen LogP contribution in [0.1, 0.15) is 44.5 Å². The van der Waals surface area contributed by atoms with Crippen molar-refractivity contribution in [2.75, 3.05) is 10.0 Å². The van der Waals surface area contributed by atoms with Crippen LogP contribution in [-0.4, -0.2) is 34.5 Å². The van der Waals surface area contributed by atoms with Gasteiger partial charge in [-0.15, -0.1) is 11.3 Å². The van der Waals surface area contributed by atoms with Gasteiger partial charge in [-0.25, -0.2) is 18.4 Å². The summed E-state index contributed by atoms with van der Waals surface area (Å²) in [6, 6.07) is 6.15. The molecule has 1 saturated carbocycles. The van der Waals surface area contributed by atoms with Crippen LogP contribution in [0.15, 0.2) is 42.0 Å². The summed E-state index contributed by atoms with van der Waals surface area (Å²) >= 11 is 1.11. The molecule has 3 aromatic rings. The van der Waals surface area contributed by atoms with Crippen LogP contribution in [0.3, 0.4) is 0 Å². The number of nitrogens with one attached hydrogen (secondary N) is 2. The lowest BCUT2D eigenvalue weighted by molar-refractivity contribution is -0.141. The zero-order valence-electron chi connectivity index (χ0n) is 18.8. The molecule has 2 aromatic heterocycles. The number of rotatable bonds is 7. The lowest BCUT2D eigenvalue weighted by atomic mass is 9.89. The minimum absolute atomic E-state index is 0.0531. The third kappa shape index (κ3) is 5.45. The molecule has 0 saturated heterocycles. The molecule has 1 aromatic carbocycles. The van der Waals surface area contributed by atoms with Crippen LogP contribution in [-0.2, 0) is 26.4 Å². The largest absolute Gasteiger partial charge is 0.434 e. The lowest BCUT2D eigenvalue weighted by Crippen LogP contribution is -2.35. The van der Waals surface area contributed by atoms with Crippen molar-refractivity contribution in [2.24, 2.45) is 0 Å². The van der Waals surface area contributed by atoms with E-state index in [1.54, 1.807) is 31.4 Å². The fourth-order valence-electron chi connectivity index (χ4n) is 3.26. The van der Waals surface area contributed by atoms with Gasteiger partial charge in [-0.2, -0.15) is 13.2 Å². The molecule has 2 heterocycles. The summed E-state index contributed by atoms with van der Waals surface area (Å²) in [7, 11) is -3.49. The molecule has 0 bridgehead atoms. The van der Waals surface area contributed by atoms with E-state index < -0.39 is 32.6 Å². The highest BCUT2D eigenvalue weighted by Gasteiger charge is 2.35. The monoisotopic (exact) mass is 525 g/mol. The molecule has 13 heteroatoms. The van der Waals surface area contributed by atoms with E-state index in [-0.39, 0.29) is 16.7 Å². The van der Waals surface area contributed by atoms with Crippen molar-refractivity contribution in [1.82, 2.24) is 15.0 Å². The number of benzene rings is 1. The van der Waals surface area contributed by atoms with Crippen molar-refractivity contribution in [2.45, 2.75) is 50.0 Å². The van der Waals surface area contributed by atoms with Crippen LogP contribution >= 0.6 is 11.3 Å². The molecule has 1 aliphatic rings. The molecule has 4 rings (SSSR count). The van der Waals surface area contributed by atoms with Crippen LogP contribution in [0.25, 0.3) is 11.3 Å². The predicted octanol–water partition coefficient (Wildman–Crippen LogP) is 4.83. The van der Waals surface area contributed by atoms with Crippen molar-refractivity contribution in [3.8, 4) is 11.3 Å². The molecule has 0 spiro atoms. The Morgan fingerprint density at radius 1 is 1.06 bits per heavy atom. The number of hydrogen-bond donors (Lipinski definition) is 2. The van der Waals surface area contributed by atoms with E-state index in [4.69, 9.17) is 0 Å². The molecule has 1 amide bonds. The standard InChI is InChI=1S/C22H22F3N5O3S2/c1-21(2,18-12-34-20(29-18)30-35(32,33)15-4-3-5-15)19(31)27-14-8-6-13(7-9-14)16-10-26-11-17(28-16)22(23,24)25/h6-12,15H,3-5H2,1-2H3,(H,27,31)(H,29,30). The number of amides is 1. The van der Waals surface area contributed by atoms with Gasteiger partial charge in [0.15, 0.2) is 10.8 Å². The van der Waals surface area contributed by atoms with Gasteiger partial charge in [-0.3, -0.25) is 14.5 Å². The highest BCUT2D eigenvalue weighted by molar-refractivity contribution is 7.93. The van der Waals surface area contributed by atoms with Crippen molar-refractivity contribution in [3.05, 3.63) is 53.4 Å². The molecule has 186 valence electrons. The van der Waals surface area contributed by atoms with Gasteiger partial charge in [0.25, 0.3) is 0 Å². The second kappa shape index (κ2) is 9.19. The number of sulfonamides is 1. The van der Waals surface area contributed by atoms with Gasteiger partial charge >= 0.3 is 6.18 Å². The fraction of sp³-hybridized carbons (Fsp3) is 0.364. The molecule has 2 N–H and O–H groups in total. The van der Waals surface area contributed by atoms with Gasteiger partial charge in [0, 0.05) is 16.6 Å². The maximum atomic E-state index is 13.0. The summed E-state index contributed by atoms with van der Waals surface area (Å²) in [6.45, 7) is 3.32. The maximum Gasteiger partial charge on any atom is 0.434 e. The first-order chi connectivity index (χ1) is 16.4. The van der Waals surface area contributed by atoms with Crippen molar-refractivity contribution < 1.29 is 26.4 Å². The zero-order chi connectivity index (χ0) is 25.4. The fourth-order valence-corrected chi connectivity index (χ4v) is 5.94. The maximum absolute atomic E-state index is 13.0. The highest BCUT2D eigenvalue weighted by Crippen LogP contribution is 2.32. The van der Waals surface area contributed by atoms with E-state index in [0.717, 1.165) is 17.8 Å². The topological polar surface area (TPSA) is 114 Å². The van der Waals surface area contributed by atoms with E-state index in [9.17, 15) is 26.4 Å². The van der Waals surface area contributed by atoms with Gasteiger partial charge < -0.3 is 5.32 Å². The third-order valence-electron chi connectivity index (χ3n) is 5.80. The zero-order valence-corrected chi connectivity index (χ0v) is 20.4. The molecule has 1 fully saturated rings. The number of carbonyl (C=O) groups is 1. The van der Waals surface area contributed by atoms with Crippen molar-refractivity contribution in [3.63, 3.8) is 0 Å². The highest BCUT2D eigenvalue weighted by atomic mass is 32.2. The normalized spacial score (nSPS) is 14.9. The molecule has 0 radical (unpaired) electrons. The first-order valence-corrected chi connectivity index (χ1v) is 13.1. The molecular weight excluding hydrogens is 503 g/mol. The molecule has 1 aliphatic carbocycles. The van der Waals surface area contributed by atoms with Crippen LogP contribution in [0, 0.1) is 0 Å². The van der Waals surface area contributed by atoms with Crippen LogP contribution in [0.4, 0.5) is 24.0 Å². The minimum atomic E-state index is -4.60. The summed E-state index contributed by atoms with van der Waals surface area (Å²) in [5.74, 6) is -0.386. The molecular formula is C22H22F3N5O3S2. The number of alkyl halides is 3. The Hall–Kier alpha value is -3.06. The second-order valence-corrected chi connectivity index (χ2v) is 11.5. The summed E-state index contributed by atoms with van der Waals surface area (Å²) in [5.41, 5.74) is -0.884. The predicted molar refractivity (Wildman–Crippen MR) is 126 cm³/mol. The Labute approximate surface area is 204 Å². The Balaban J connectivity index is 1.44. The quantitative estimate of drug-likeness (QED) is 0.457. The first kappa shape index (κ1) is 25.0. The second-order valence-electron chi connectivity index (χ2n) is 8.68. The van der Waals surface area contributed by atoms with E-state index in [0.29, 0.717) is 36.0 Å². The van der Waals surface area contributed by atoms with Crippen molar-refractivity contribution >= 4 is 38.1 Å². The van der Waals surface area contributed by atoms with Gasteiger partial charge in [0.2, 0.25) is 15.9 Å². The molecule has 8 nitrogen and oxygen atoms in total. The smallest absolute Gasteiger partial charge is 0.325 e. The first-order valence-electron chi connectivity index (χ1n) is 10.6. The van der Waals surface area contributed by atoms with Crippen LogP contribution in [0.2, 0.25) is 0 Å². The Kier molecular flexibility index (Phi) is 6.58. The van der Waals surface area contributed by atoms with Crippen LogP contribution < -0.4 is 10.0 Å². The number of aromatic nitrogens is 3. The van der Waals surface area contributed by atoms with Crippen LogP contribution in [0.5, 0.6) is 0 Å². The molecule has 0 aliphatic heterocycles. The van der Waals surface area contributed by atoms with Gasteiger partial charge in [-0.05, 0) is 38.8 Å². The Morgan fingerprint density at radius 2 is 1.74 bits per heavy atom. The Bertz CT molecular complexity index is 1330. The number of anilines is 2. The number of halogens is 3. The number of thiazole rings is 1. The molecule has 0 unspecified atom stereocenters. The summed E-state index contributed by atoms with van der Waals surface area (Å²) in [5, 5.41) is 4.19. The van der Waals surface area contributed by atoms with Gasteiger partial charge in [0.05, 0.1) is 34.4 Å². The van der Waals surface area contributed by atoms with Gasteiger partial charge in [-0.1, -0.05) is 18.6 Å². The van der Waals surface area contributed by atoms with Gasteiger partial charge in [0.1, 0.15) is 0 Å².